The molecule has 1 aliphatic rings. The smallest absolute Gasteiger partial charge is 0.202 e. The molecule has 0 amide bonds. The second kappa shape index (κ2) is 5.10. The van der Waals surface area contributed by atoms with Gasteiger partial charge in [0.15, 0.2) is 0 Å². The summed E-state index contributed by atoms with van der Waals surface area (Å²) in [4.78, 5) is 6.85. The molecule has 1 unspecified atom stereocenters. The second-order valence-electron chi connectivity index (χ2n) is 4.91. The van der Waals surface area contributed by atoms with Crippen LogP contribution in [0.25, 0.3) is 0 Å². The fourth-order valence-electron chi connectivity index (χ4n) is 1.97. The topological polar surface area (TPSA) is 41.1 Å². The zero-order chi connectivity index (χ0) is 11.5. The molecule has 4 nitrogen and oxygen atoms in total. The maximum absolute atomic E-state index is 4.47. The van der Waals surface area contributed by atoms with Crippen molar-refractivity contribution in [1.29, 1.82) is 0 Å². The molecule has 5 heteroatoms. The molecule has 1 N–H and O–H groups in total. The normalized spacial score (nSPS) is 21.9. The molecule has 0 spiro atoms. The monoisotopic (exact) mass is 240 g/mol. The van der Waals surface area contributed by atoms with Crippen LogP contribution in [0.5, 0.6) is 0 Å². The number of likely N-dealkylation sites (tertiary alicyclic amines) is 1. The Labute approximate surface area is 101 Å². The van der Waals surface area contributed by atoms with Gasteiger partial charge in [-0.15, -0.1) is 0 Å². The average Bonchev–Trinajstić information content (AvgIpc) is 2.83. The van der Waals surface area contributed by atoms with Crippen molar-refractivity contribution in [1.82, 2.24) is 14.3 Å². The fraction of sp³-hybridized carbons (Fsp3) is 0.818. The van der Waals surface area contributed by atoms with Gasteiger partial charge in [-0.05, 0) is 25.9 Å². The lowest BCUT2D eigenvalue weighted by atomic mass is 10.1. The highest BCUT2D eigenvalue weighted by atomic mass is 32.1. The Balaban J connectivity index is 1.80. The third-order valence-electron chi connectivity index (χ3n) is 2.99. The van der Waals surface area contributed by atoms with Crippen molar-refractivity contribution in [3.8, 4) is 0 Å². The van der Waals surface area contributed by atoms with Gasteiger partial charge in [-0.3, -0.25) is 0 Å². The van der Waals surface area contributed by atoms with E-state index in [4.69, 9.17) is 0 Å². The quantitative estimate of drug-likeness (QED) is 0.874. The van der Waals surface area contributed by atoms with Crippen molar-refractivity contribution in [2.24, 2.45) is 5.92 Å². The molecule has 1 aliphatic heterocycles. The van der Waals surface area contributed by atoms with E-state index in [1.165, 1.54) is 31.0 Å². The van der Waals surface area contributed by atoms with Gasteiger partial charge in [0.05, 0.1) is 0 Å². The summed E-state index contributed by atoms with van der Waals surface area (Å²) in [5.74, 6) is 2.14. The minimum Gasteiger partial charge on any atom is -0.360 e. The molecular formula is C11H20N4S. The predicted molar refractivity (Wildman–Crippen MR) is 68.1 cm³/mol. The van der Waals surface area contributed by atoms with Crippen LogP contribution in [0.2, 0.25) is 0 Å². The molecule has 1 aromatic heterocycles. The Hall–Kier alpha value is -0.680. The molecule has 0 aliphatic carbocycles. The third-order valence-corrected chi connectivity index (χ3v) is 3.68. The van der Waals surface area contributed by atoms with E-state index >= 15 is 0 Å². The Bertz CT molecular complexity index is 336. The van der Waals surface area contributed by atoms with Crippen LogP contribution in [-0.2, 0) is 0 Å². The summed E-state index contributed by atoms with van der Waals surface area (Å²) in [5, 5.41) is 4.37. The van der Waals surface area contributed by atoms with Crippen LogP contribution in [0, 0.1) is 5.92 Å². The summed E-state index contributed by atoms with van der Waals surface area (Å²) in [7, 11) is 2.18. The summed E-state index contributed by atoms with van der Waals surface area (Å²) in [5.41, 5.74) is 0. The van der Waals surface area contributed by atoms with Gasteiger partial charge < -0.3 is 10.2 Å². The van der Waals surface area contributed by atoms with E-state index in [0.717, 1.165) is 23.4 Å². The largest absolute Gasteiger partial charge is 0.360 e. The first-order valence-corrected chi connectivity index (χ1v) is 6.68. The Kier molecular flexibility index (Phi) is 3.76. The van der Waals surface area contributed by atoms with E-state index in [1.54, 1.807) is 0 Å². The number of hydrogen-bond donors (Lipinski definition) is 1. The molecule has 2 rings (SSSR count). The number of aromatic nitrogens is 2. The fourth-order valence-corrected chi connectivity index (χ4v) is 2.68. The van der Waals surface area contributed by atoms with Crippen LogP contribution >= 0.6 is 11.5 Å². The molecule has 1 atom stereocenters. The average molecular weight is 240 g/mol. The van der Waals surface area contributed by atoms with Gasteiger partial charge in [0, 0.05) is 30.5 Å². The van der Waals surface area contributed by atoms with Crippen molar-refractivity contribution >= 4 is 16.7 Å². The number of anilines is 1. The molecular weight excluding hydrogens is 220 g/mol. The van der Waals surface area contributed by atoms with Crippen LogP contribution in [0.1, 0.15) is 32.0 Å². The third kappa shape index (κ3) is 2.92. The molecule has 1 aromatic rings. The highest BCUT2D eigenvalue weighted by molar-refractivity contribution is 7.09. The summed E-state index contributed by atoms with van der Waals surface area (Å²) < 4.78 is 4.33. The van der Waals surface area contributed by atoms with Crippen LogP contribution in [0.4, 0.5) is 5.13 Å². The van der Waals surface area contributed by atoms with Gasteiger partial charge in [-0.2, -0.15) is 4.37 Å². The van der Waals surface area contributed by atoms with Gasteiger partial charge in [-0.1, -0.05) is 13.8 Å². The molecule has 0 radical (unpaired) electrons. The van der Waals surface area contributed by atoms with E-state index in [9.17, 15) is 0 Å². The van der Waals surface area contributed by atoms with E-state index in [-0.39, 0.29) is 0 Å². The first-order valence-electron chi connectivity index (χ1n) is 5.91. The van der Waals surface area contributed by atoms with Crippen LogP contribution in [-0.4, -0.2) is 40.9 Å². The summed E-state index contributed by atoms with van der Waals surface area (Å²) in [6.07, 6.45) is 1.29. The predicted octanol–water partition coefficient (Wildman–Crippen LogP) is 2.03. The van der Waals surface area contributed by atoms with Crippen molar-refractivity contribution in [2.45, 2.75) is 26.2 Å². The van der Waals surface area contributed by atoms with Crippen LogP contribution in [0.3, 0.4) is 0 Å². The molecule has 1 saturated heterocycles. The van der Waals surface area contributed by atoms with Gasteiger partial charge in [0.25, 0.3) is 0 Å². The van der Waals surface area contributed by atoms with E-state index in [1.807, 2.05) is 0 Å². The molecule has 90 valence electrons. The van der Waals surface area contributed by atoms with Crippen molar-refractivity contribution < 1.29 is 0 Å². The SMILES string of the molecule is CC(C)c1nsc(NCC2CCN(C)C2)n1. The zero-order valence-corrected chi connectivity index (χ0v) is 11.0. The lowest BCUT2D eigenvalue weighted by molar-refractivity contribution is 0.399. The van der Waals surface area contributed by atoms with Crippen molar-refractivity contribution in [3.63, 3.8) is 0 Å². The number of nitrogens with zero attached hydrogens (tertiary/aromatic N) is 3. The van der Waals surface area contributed by atoms with Gasteiger partial charge in [-0.25, -0.2) is 4.98 Å². The molecule has 0 bridgehead atoms. The Morgan fingerprint density at radius 1 is 1.56 bits per heavy atom. The zero-order valence-electron chi connectivity index (χ0n) is 10.2. The van der Waals surface area contributed by atoms with Crippen molar-refractivity contribution in [3.05, 3.63) is 5.82 Å². The van der Waals surface area contributed by atoms with Crippen LogP contribution < -0.4 is 5.32 Å². The van der Waals surface area contributed by atoms with Gasteiger partial charge in [0.1, 0.15) is 5.82 Å². The van der Waals surface area contributed by atoms with E-state index in [2.05, 4.69) is 40.5 Å². The summed E-state index contributed by atoms with van der Waals surface area (Å²) >= 11 is 1.48. The molecule has 2 heterocycles. The van der Waals surface area contributed by atoms with Crippen LogP contribution in [0.15, 0.2) is 0 Å². The highest BCUT2D eigenvalue weighted by Gasteiger charge is 2.19. The molecule has 1 fully saturated rings. The van der Waals surface area contributed by atoms with E-state index in [0.29, 0.717) is 5.92 Å². The lowest BCUT2D eigenvalue weighted by Crippen LogP contribution is -2.19. The molecule has 0 aromatic carbocycles. The summed E-state index contributed by atoms with van der Waals surface area (Å²) in [6, 6.07) is 0. The lowest BCUT2D eigenvalue weighted by Gasteiger charge is -2.10. The maximum atomic E-state index is 4.47. The molecule has 16 heavy (non-hydrogen) atoms. The highest BCUT2D eigenvalue weighted by Crippen LogP contribution is 2.19. The van der Waals surface area contributed by atoms with Crippen molar-refractivity contribution in [2.75, 3.05) is 32.0 Å². The van der Waals surface area contributed by atoms with Gasteiger partial charge >= 0.3 is 0 Å². The minimum absolute atomic E-state index is 0.421. The van der Waals surface area contributed by atoms with E-state index < -0.39 is 0 Å². The number of hydrogen-bond acceptors (Lipinski definition) is 5. The Morgan fingerprint density at radius 3 is 2.94 bits per heavy atom. The van der Waals surface area contributed by atoms with Gasteiger partial charge in [0.2, 0.25) is 5.13 Å². The number of rotatable bonds is 4. The molecule has 0 saturated carbocycles. The summed E-state index contributed by atoms with van der Waals surface area (Å²) in [6.45, 7) is 7.69. The Morgan fingerprint density at radius 2 is 2.38 bits per heavy atom. The second-order valence-corrected chi connectivity index (χ2v) is 5.66. The maximum Gasteiger partial charge on any atom is 0.202 e. The number of nitrogens with one attached hydrogen (secondary N) is 1. The standard InChI is InChI=1S/C11H20N4S/c1-8(2)10-13-11(16-14-10)12-6-9-4-5-15(3)7-9/h8-9H,4-7H2,1-3H3,(H,12,13,14). The minimum atomic E-state index is 0.421. The first-order chi connectivity index (χ1) is 7.65. The first kappa shape index (κ1) is 11.8.